The van der Waals surface area contributed by atoms with E-state index >= 15 is 0 Å². The Labute approximate surface area is 143 Å². The smallest absolute Gasteiger partial charge is 0.313 e. The highest BCUT2D eigenvalue weighted by Crippen LogP contribution is 2.24. The summed E-state index contributed by atoms with van der Waals surface area (Å²) in [6, 6.07) is 10.5. The van der Waals surface area contributed by atoms with Gasteiger partial charge in [-0.2, -0.15) is 0 Å². The van der Waals surface area contributed by atoms with Crippen LogP contribution >= 0.6 is 22.9 Å². The van der Waals surface area contributed by atoms with Gasteiger partial charge in [0.2, 0.25) is 0 Å². The van der Waals surface area contributed by atoms with Gasteiger partial charge < -0.3 is 15.4 Å². The Hall–Kier alpha value is -1.89. The molecular weight excluding hydrogens is 336 g/mol. The molecule has 0 fully saturated rings. The molecule has 23 heavy (non-hydrogen) atoms. The van der Waals surface area contributed by atoms with Gasteiger partial charge in [-0.15, -0.1) is 11.3 Å². The predicted molar refractivity (Wildman–Crippen MR) is 91.9 cm³/mol. The Balaban J connectivity index is 1.87. The fourth-order valence-electron chi connectivity index (χ4n) is 1.91. The summed E-state index contributed by atoms with van der Waals surface area (Å²) in [6.07, 6.45) is -0.277. The number of ether oxygens (including phenoxy) is 1. The number of aryl methyl sites for hydroxylation is 1. The molecule has 0 bridgehead atoms. The molecule has 1 heterocycles. The molecule has 2 N–H and O–H groups in total. The zero-order valence-electron chi connectivity index (χ0n) is 12.8. The van der Waals surface area contributed by atoms with Crippen LogP contribution in [-0.2, 0) is 14.3 Å². The quantitative estimate of drug-likeness (QED) is 0.812. The fourth-order valence-corrected chi connectivity index (χ4v) is 2.99. The number of anilines is 1. The van der Waals surface area contributed by atoms with Gasteiger partial charge in [-0.3, -0.25) is 9.59 Å². The predicted octanol–water partition coefficient (Wildman–Crippen LogP) is 3.15. The van der Waals surface area contributed by atoms with E-state index in [9.17, 15) is 9.59 Å². The highest BCUT2D eigenvalue weighted by Gasteiger charge is 2.18. The second kappa shape index (κ2) is 8.10. The third kappa shape index (κ3) is 5.06. The van der Waals surface area contributed by atoms with E-state index in [1.165, 1.54) is 0 Å². The van der Waals surface area contributed by atoms with Gasteiger partial charge in [-0.25, -0.2) is 0 Å². The number of rotatable bonds is 5. The molecule has 2 amide bonds. The molecule has 1 aromatic carbocycles. The van der Waals surface area contributed by atoms with Crippen molar-refractivity contribution in [1.82, 2.24) is 5.32 Å². The fraction of sp³-hybridized carbons (Fsp3) is 0.250. The lowest BCUT2D eigenvalue weighted by Crippen LogP contribution is -2.37. The number of hydrogen-bond donors (Lipinski definition) is 2. The van der Waals surface area contributed by atoms with E-state index in [0.29, 0.717) is 10.7 Å². The molecule has 7 heteroatoms. The van der Waals surface area contributed by atoms with Gasteiger partial charge in [0.25, 0.3) is 0 Å². The largest absolute Gasteiger partial charge is 0.374 e. The van der Waals surface area contributed by atoms with Crippen LogP contribution in [0.15, 0.2) is 36.4 Å². The van der Waals surface area contributed by atoms with Crippen molar-refractivity contribution in [2.24, 2.45) is 0 Å². The highest BCUT2D eigenvalue weighted by atomic mass is 35.5. The van der Waals surface area contributed by atoms with Gasteiger partial charge in [-0.05, 0) is 43.3 Å². The number of nitrogens with one attached hydrogen (secondary N) is 2. The normalized spacial score (nSPS) is 11.8. The molecular formula is C16H17ClN2O3S. The minimum Gasteiger partial charge on any atom is -0.374 e. The summed E-state index contributed by atoms with van der Waals surface area (Å²) < 4.78 is 5.36. The zero-order chi connectivity index (χ0) is 16.8. The lowest BCUT2D eigenvalue weighted by Gasteiger charge is -2.14. The first-order chi connectivity index (χ1) is 11.0. The molecule has 1 atom stereocenters. The topological polar surface area (TPSA) is 67.4 Å². The van der Waals surface area contributed by atoms with E-state index in [2.05, 4.69) is 10.6 Å². The van der Waals surface area contributed by atoms with Gasteiger partial charge in [0.1, 0.15) is 6.10 Å². The van der Waals surface area contributed by atoms with E-state index in [0.717, 1.165) is 9.75 Å². The molecule has 1 unspecified atom stereocenters. The first kappa shape index (κ1) is 17.5. The molecule has 0 aliphatic carbocycles. The van der Waals surface area contributed by atoms with Crippen LogP contribution in [0, 0.1) is 6.92 Å². The van der Waals surface area contributed by atoms with E-state index in [1.54, 1.807) is 42.7 Å². The van der Waals surface area contributed by atoms with Crippen molar-refractivity contribution in [2.75, 3.05) is 19.0 Å². The van der Waals surface area contributed by atoms with Crippen LogP contribution in [0.5, 0.6) is 0 Å². The summed E-state index contributed by atoms with van der Waals surface area (Å²) >= 11 is 7.36. The summed E-state index contributed by atoms with van der Waals surface area (Å²) in [4.78, 5) is 25.9. The second-order valence-corrected chi connectivity index (χ2v) is 6.60. The summed E-state index contributed by atoms with van der Waals surface area (Å²) in [7, 11) is 1.57. The SMILES string of the molecule is COC(CNC(=O)C(=O)Nc1ccc(Cl)cc1)c1ccc(C)s1. The Morgan fingerprint density at radius 2 is 1.87 bits per heavy atom. The summed E-state index contributed by atoms with van der Waals surface area (Å²) in [5.74, 6) is -1.44. The lowest BCUT2D eigenvalue weighted by atomic mass is 10.2. The molecule has 1 aromatic heterocycles. The van der Waals surface area contributed by atoms with Gasteiger partial charge in [0.15, 0.2) is 0 Å². The Morgan fingerprint density at radius 1 is 1.17 bits per heavy atom. The van der Waals surface area contributed by atoms with Crippen molar-refractivity contribution in [3.8, 4) is 0 Å². The molecule has 5 nitrogen and oxygen atoms in total. The number of benzene rings is 1. The number of methoxy groups -OCH3 is 1. The molecule has 0 saturated heterocycles. The van der Waals surface area contributed by atoms with Crippen LogP contribution < -0.4 is 10.6 Å². The molecule has 2 aromatic rings. The Bertz CT molecular complexity index is 685. The summed E-state index contributed by atoms with van der Waals surface area (Å²) in [5, 5.41) is 5.64. The number of hydrogen-bond acceptors (Lipinski definition) is 4. The van der Waals surface area contributed by atoms with Gasteiger partial charge in [0.05, 0.1) is 0 Å². The van der Waals surface area contributed by atoms with Crippen LogP contribution in [0.4, 0.5) is 5.69 Å². The zero-order valence-corrected chi connectivity index (χ0v) is 14.3. The van der Waals surface area contributed by atoms with Crippen molar-refractivity contribution in [3.05, 3.63) is 51.2 Å². The van der Waals surface area contributed by atoms with Crippen molar-refractivity contribution in [3.63, 3.8) is 0 Å². The van der Waals surface area contributed by atoms with Crippen LogP contribution in [0.3, 0.4) is 0 Å². The standard InChI is InChI=1S/C16H17ClN2O3S/c1-10-3-8-14(23-10)13(22-2)9-18-15(20)16(21)19-12-6-4-11(17)5-7-12/h3-8,13H,9H2,1-2H3,(H,18,20)(H,19,21). The van der Waals surface area contributed by atoms with Crippen LogP contribution in [0.1, 0.15) is 15.9 Å². The second-order valence-electron chi connectivity index (χ2n) is 4.84. The average Bonchev–Trinajstić information content (AvgIpc) is 2.96. The van der Waals surface area contributed by atoms with E-state index < -0.39 is 11.8 Å². The Kier molecular flexibility index (Phi) is 6.15. The molecule has 122 valence electrons. The maximum Gasteiger partial charge on any atom is 0.313 e. The van der Waals surface area contributed by atoms with Crippen LogP contribution in [-0.4, -0.2) is 25.5 Å². The Morgan fingerprint density at radius 3 is 2.43 bits per heavy atom. The first-order valence-corrected chi connectivity index (χ1v) is 8.13. The number of carbonyl (C=O) groups is 2. The lowest BCUT2D eigenvalue weighted by molar-refractivity contribution is -0.136. The van der Waals surface area contributed by atoms with Gasteiger partial charge in [0, 0.05) is 34.1 Å². The van der Waals surface area contributed by atoms with E-state index in [1.807, 2.05) is 19.1 Å². The maximum absolute atomic E-state index is 11.9. The minimum absolute atomic E-state index is 0.226. The third-order valence-corrected chi connectivity index (χ3v) is 4.46. The molecule has 0 saturated carbocycles. The third-order valence-electron chi connectivity index (χ3n) is 3.12. The molecule has 0 spiro atoms. The van der Waals surface area contributed by atoms with Crippen molar-refractivity contribution >= 4 is 40.4 Å². The van der Waals surface area contributed by atoms with Crippen molar-refractivity contribution in [2.45, 2.75) is 13.0 Å². The molecule has 2 rings (SSSR count). The summed E-state index contributed by atoms with van der Waals surface area (Å²) in [5.41, 5.74) is 0.506. The first-order valence-electron chi connectivity index (χ1n) is 6.93. The maximum atomic E-state index is 11.9. The van der Waals surface area contributed by atoms with Crippen molar-refractivity contribution < 1.29 is 14.3 Å². The molecule has 0 aliphatic rings. The summed E-state index contributed by atoms with van der Waals surface area (Å²) in [6.45, 7) is 2.22. The van der Waals surface area contributed by atoms with Crippen LogP contribution in [0.2, 0.25) is 5.02 Å². The monoisotopic (exact) mass is 352 g/mol. The highest BCUT2D eigenvalue weighted by molar-refractivity contribution is 7.12. The van der Waals surface area contributed by atoms with Gasteiger partial charge >= 0.3 is 11.8 Å². The van der Waals surface area contributed by atoms with Crippen LogP contribution in [0.25, 0.3) is 0 Å². The minimum atomic E-state index is -0.732. The van der Waals surface area contributed by atoms with Gasteiger partial charge in [-0.1, -0.05) is 11.6 Å². The number of carbonyl (C=O) groups excluding carboxylic acids is 2. The number of thiophene rings is 1. The molecule has 0 aliphatic heterocycles. The van der Waals surface area contributed by atoms with Crippen molar-refractivity contribution in [1.29, 1.82) is 0 Å². The number of amides is 2. The molecule has 0 radical (unpaired) electrons. The van der Waals surface area contributed by atoms with E-state index in [-0.39, 0.29) is 12.6 Å². The van der Waals surface area contributed by atoms with E-state index in [4.69, 9.17) is 16.3 Å². The average molecular weight is 353 g/mol. The number of halogens is 1.